The molecule has 1 fully saturated rings. The van der Waals surface area contributed by atoms with E-state index in [-0.39, 0.29) is 5.97 Å². The number of halogens is 1. The van der Waals surface area contributed by atoms with Gasteiger partial charge in [0, 0.05) is 5.02 Å². The highest BCUT2D eigenvalue weighted by molar-refractivity contribution is 6.31. The van der Waals surface area contributed by atoms with Crippen molar-refractivity contribution in [1.82, 2.24) is 0 Å². The molecule has 0 aromatic heterocycles. The van der Waals surface area contributed by atoms with Crippen molar-refractivity contribution in [2.24, 2.45) is 0 Å². The summed E-state index contributed by atoms with van der Waals surface area (Å²) in [4.78, 5) is 11.3. The van der Waals surface area contributed by atoms with Gasteiger partial charge in [0.1, 0.15) is 0 Å². The van der Waals surface area contributed by atoms with E-state index in [1.807, 2.05) is 12.1 Å². The zero-order valence-electron chi connectivity index (χ0n) is 7.92. The van der Waals surface area contributed by atoms with Gasteiger partial charge in [0.2, 0.25) is 0 Å². The first-order chi connectivity index (χ1) is 6.70. The minimum atomic E-state index is -0.325. The predicted molar refractivity (Wildman–Crippen MR) is 54.8 cm³/mol. The maximum Gasteiger partial charge on any atom is 0.337 e. The SMILES string of the molecule is COC(=O)c1cc(Cl)cc(C2CC2)c1. The van der Waals surface area contributed by atoms with Crippen LogP contribution in [-0.4, -0.2) is 13.1 Å². The molecule has 74 valence electrons. The van der Waals surface area contributed by atoms with Crippen molar-refractivity contribution in [2.45, 2.75) is 18.8 Å². The zero-order valence-corrected chi connectivity index (χ0v) is 8.67. The molecule has 3 heteroatoms. The molecule has 0 aliphatic heterocycles. The molecule has 0 radical (unpaired) electrons. The van der Waals surface area contributed by atoms with E-state index in [1.165, 1.54) is 20.0 Å². The molecule has 0 atom stereocenters. The van der Waals surface area contributed by atoms with Gasteiger partial charge in [0.15, 0.2) is 0 Å². The summed E-state index contributed by atoms with van der Waals surface area (Å²) in [6.45, 7) is 0. The number of hydrogen-bond acceptors (Lipinski definition) is 2. The minimum Gasteiger partial charge on any atom is -0.465 e. The molecule has 1 aliphatic carbocycles. The summed E-state index contributed by atoms with van der Waals surface area (Å²) in [5, 5.41) is 0.606. The maximum atomic E-state index is 11.3. The standard InChI is InChI=1S/C11H11ClO2/c1-14-11(13)9-4-8(7-2-3-7)5-10(12)6-9/h4-7H,2-3H2,1H3. The zero-order chi connectivity index (χ0) is 10.1. The van der Waals surface area contributed by atoms with Crippen LogP contribution in [0.4, 0.5) is 0 Å². The lowest BCUT2D eigenvalue weighted by molar-refractivity contribution is 0.0600. The van der Waals surface area contributed by atoms with Gasteiger partial charge in [-0.25, -0.2) is 4.79 Å². The van der Waals surface area contributed by atoms with Crippen LogP contribution in [0.25, 0.3) is 0 Å². The van der Waals surface area contributed by atoms with E-state index in [2.05, 4.69) is 4.74 Å². The third-order valence-electron chi connectivity index (χ3n) is 2.39. The van der Waals surface area contributed by atoms with Crippen LogP contribution in [0.3, 0.4) is 0 Å². The highest BCUT2D eigenvalue weighted by Gasteiger charge is 2.24. The number of rotatable bonds is 2. The van der Waals surface area contributed by atoms with Gasteiger partial charge in [-0.1, -0.05) is 11.6 Å². The van der Waals surface area contributed by atoms with Crippen molar-refractivity contribution in [3.8, 4) is 0 Å². The van der Waals surface area contributed by atoms with Crippen molar-refractivity contribution in [2.75, 3.05) is 7.11 Å². The summed E-state index contributed by atoms with van der Waals surface area (Å²) < 4.78 is 4.65. The molecule has 0 bridgehead atoms. The Kier molecular flexibility index (Phi) is 2.46. The largest absolute Gasteiger partial charge is 0.465 e. The molecule has 1 aromatic carbocycles. The Morgan fingerprint density at radius 3 is 2.71 bits per heavy atom. The Balaban J connectivity index is 2.35. The van der Waals surface area contributed by atoms with Crippen LogP contribution in [0.15, 0.2) is 18.2 Å². The molecule has 1 saturated carbocycles. The summed E-state index contributed by atoms with van der Waals surface area (Å²) in [7, 11) is 1.38. The Labute approximate surface area is 87.8 Å². The number of ether oxygens (including phenoxy) is 1. The highest BCUT2D eigenvalue weighted by Crippen LogP contribution is 2.41. The van der Waals surface area contributed by atoms with E-state index in [9.17, 15) is 4.79 Å². The summed E-state index contributed by atoms with van der Waals surface area (Å²) >= 11 is 5.92. The van der Waals surface area contributed by atoms with E-state index < -0.39 is 0 Å². The normalized spacial score (nSPS) is 15.3. The molecule has 0 amide bonds. The van der Waals surface area contributed by atoms with E-state index in [1.54, 1.807) is 6.07 Å². The van der Waals surface area contributed by atoms with Crippen molar-refractivity contribution < 1.29 is 9.53 Å². The number of methoxy groups -OCH3 is 1. The Hall–Kier alpha value is -1.02. The maximum absolute atomic E-state index is 11.3. The Bertz CT molecular complexity index is 370. The number of carbonyl (C=O) groups is 1. The predicted octanol–water partition coefficient (Wildman–Crippen LogP) is 3.00. The lowest BCUT2D eigenvalue weighted by Crippen LogP contribution is -2.01. The van der Waals surface area contributed by atoms with E-state index in [4.69, 9.17) is 11.6 Å². The number of hydrogen-bond donors (Lipinski definition) is 0. The monoisotopic (exact) mass is 210 g/mol. The first kappa shape index (κ1) is 9.53. The molecule has 1 aromatic rings. The molecular weight excluding hydrogens is 200 g/mol. The average molecular weight is 211 g/mol. The van der Waals surface area contributed by atoms with Gasteiger partial charge in [0.05, 0.1) is 12.7 Å². The molecule has 0 heterocycles. The molecular formula is C11H11ClO2. The van der Waals surface area contributed by atoms with Crippen molar-refractivity contribution in [3.63, 3.8) is 0 Å². The Morgan fingerprint density at radius 1 is 1.43 bits per heavy atom. The van der Waals surface area contributed by atoms with Crippen molar-refractivity contribution in [3.05, 3.63) is 34.3 Å². The van der Waals surface area contributed by atoms with Gasteiger partial charge >= 0.3 is 5.97 Å². The van der Waals surface area contributed by atoms with Gasteiger partial charge in [0.25, 0.3) is 0 Å². The van der Waals surface area contributed by atoms with E-state index in [0.29, 0.717) is 16.5 Å². The highest BCUT2D eigenvalue weighted by atomic mass is 35.5. The van der Waals surface area contributed by atoms with E-state index >= 15 is 0 Å². The fourth-order valence-electron chi connectivity index (χ4n) is 1.50. The first-order valence-corrected chi connectivity index (χ1v) is 4.97. The second kappa shape index (κ2) is 3.62. The summed E-state index contributed by atoms with van der Waals surface area (Å²) in [5.74, 6) is 0.270. The summed E-state index contributed by atoms with van der Waals surface area (Å²) in [6, 6.07) is 5.43. The smallest absolute Gasteiger partial charge is 0.337 e. The van der Waals surface area contributed by atoms with Gasteiger partial charge in [-0.05, 0) is 42.5 Å². The third-order valence-corrected chi connectivity index (χ3v) is 2.61. The number of benzene rings is 1. The molecule has 0 N–H and O–H groups in total. The van der Waals surface area contributed by atoms with Crippen molar-refractivity contribution in [1.29, 1.82) is 0 Å². The van der Waals surface area contributed by atoms with Crippen LogP contribution in [0.1, 0.15) is 34.7 Å². The lowest BCUT2D eigenvalue weighted by Gasteiger charge is -2.03. The third kappa shape index (κ3) is 1.90. The van der Waals surface area contributed by atoms with Crippen LogP contribution in [0, 0.1) is 0 Å². The van der Waals surface area contributed by atoms with Crippen LogP contribution >= 0.6 is 11.6 Å². The summed E-state index contributed by atoms with van der Waals surface area (Å²) in [6.07, 6.45) is 2.39. The van der Waals surface area contributed by atoms with Crippen LogP contribution in [0.2, 0.25) is 5.02 Å². The fourth-order valence-corrected chi connectivity index (χ4v) is 1.74. The van der Waals surface area contributed by atoms with Gasteiger partial charge in [-0.15, -0.1) is 0 Å². The summed E-state index contributed by atoms with van der Waals surface area (Å²) in [5.41, 5.74) is 1.69. The molecule has 14 heavy (non-hydrogen) atoms. The molecule has 0 unspecified atom stereocenters. The fraction of sp³-hybridized carbons (Fsp3) is 0.364. The quantitative estimate of drug-likeness (QED) is 0.702. The topological polar surface area (TPSA) is 26.3 Å². The minimum absolute atomic E-state index is 0.325. The Morgan fingerprint density at radius 2 is 2.14 bits per heavy atom. The molecule has 2 nitrogen and oxygen atoms in total. The second-order valence-electron chi connectivity index (χ2n) is 3.54. The molecule has 0 saturated heterocycles. The number of esters is 1. The van der Waals surface area contributed by atoms with Crippen LogP contribution < -0.4 is 0 Å². The van der Waals surface area contributed by atoms with Gasteiger partial charge < -0.3 is 4.74 Å². The average Bonchev–Trinajstić information content (AvgIpc) is 2.98. The molecule has 2 rings (SSSR count). The first-order valence-electron chi connectivity index (χ1n) is 4.59. The number of carbonyl (C=O) groups excluding carboxylic acids is 1. The molecule has 0 spiro atoms. The van der Waals surface area contributed by atoms with Gasteiger partial charge in [-0.3, -0.25) is 0 Å². The lowest BCUT2D eigenvalue weighted by atomic mass is 10.1. The van der Waals surface area contributed by atoms with E-state index in [0.717, 1.165) is 5.56 Å². The second-order valence-corrected chi connectivity index (χ2v) is 3.98. The molecule has 1 aliphatic rings. The van der Waals surface area contributed by atoms with Gasteiger partial charge in [-0.2, -0.15) is 0 Å². The van der Waals surface area contributed by atoms with Crippen LogP contribution in [-0.2, 0) is 4.74 Å². The van der Waals surface area contributed by atoms with Crippen LogP contribution in [0.5, 0.6) is 0 Å². The van der Waals surface area contributed by atoms with Crippen molar-refractivity contribution >= 4 is 17.6 Å².